The molecule has 104 valence electrons. The number of carbonyl (C=O) groups is 2. The Morgan fingerprint density at radius 2 is 2.30 bits per heavy atom. The highest BCUT2D eigenvalue weighted by atomic mass is 35.5. The maximum absolute atomic E-state index is 12.5. The van der Waals surface area contributed by atoms with Crippen molar-refractivity contribution in [3.8, 4) is 0 Å². The van der Waals surface area contributed by atoms with Gasteiger partial charge in [-0.15, -0.1) is 11.3 Å². The second kappa shape index (κ2) is 5.07. The molecule has 0 aromatic carbocycles. The van der Waals surface area contributed by atoms with Gasteiger partial charge in [0.15, 0.2) is 0 Å². The van der Waals surface area contributed by atoms with E-state index in [0.29, 0.717) is 28.6 Å². The number of ketones is 1. The van der Waals surface area contributed by atoms with Gasteiger partial charge in [-0.05, 0) is 23.9 Å². The van der Waals surface area contributed by atoms with E-state index in [1.54, 1.807) is 12.1 Å². The van der Waals surface area contributed by atoms with Crippen LogP contribution in [0.3, 0.4) is 0 Å². The molecule has 0 aliphatic carbocycles. The SMILES string of the molecule is COC(=O)C1CCn2c1cc(Cl)c2C(=O)c1cccs1. The quantitative estimate of drug-likeness (QED) is 0.646. The van der Waals surface area contributed by atoms with Crippen molar-refractivity contribution in [1.82, 2.24) is 4.57 Å². The van der Waals surface area contributed by atoms with Gasteiger partial charge in [0.25, 0.3) is 0 Å². The zero-order chi connectivity index (χ0) is 14.3. The normalized spacial score (nSPS) is 17.0. The van der Waals surface area contributed by atoms with Gasteiger partial charge in [-0.1, -0.05) is 17.7 Å². The van der Waals surface area contributed by atoms with Crippen LogP contribution in [0.4, 0.5) is 0 Å². The third-order valence-electron chi connectivity index (χ3n) is 3.53. The minimum absolute atomic E-state index is 0.0956. The summed E-state index contributed by atoms with van der Waals surface area (Å²) in [7, 11) is 1.37. The number of ether oxygens (including phenoxy) is 1. The second-order valence-electron chi connectivity index (χ2n) is 4.59. The van der Waals surface area contributed by atoms with Crippen molar-refractivity contribution in [1.29, 1.82) is 0 Å². The van der Waals surface area contributed by atoms with Crippen LogP contribution in [-0.2, 0) is 16.1 Å². The Balaban J connectivity index is 2.03. The minimum Gasteiger partial charge on any atom is -0.469 e. The summed E-state index contributed by atoms with van der Waals surface area (Å²) in [6, 6.07) is 5.31. The number of fused-ring (bicyclic) bond motifs is 1. The van der Waals surface area contributed by atoms with Crippen LogP contribution in [0.25, 0.3) is 0 Å². The molecular formula is C14H12ClNO3S. The molecule has 3 heterocycles. The average Bonchev–Trinajstić information content (AvgIpc) is 3.12. The van der Waals surface area contributed by atoms with E-state index in [-0.39, 0.29) is 17.7 Å². The first-order valence-corrected chi connectivity index (χ1v) is 7.44. The van der Waals surface area contributed by atoms with Crippen molar-refractivity contribution in [3.05, 3.63) is 44.9 Å². The molecule has 0 saturated carbocycles. The molecule has 1 atom stereocenters. The molecule has 0 radical (unpaired) electrons. The predicted octanol–water partition coefficient (Wildman–Crippen LogP) is 3.09. The molecule has 0 spiro atoms. The number of esters is 1. The third kappa shape index (κ3) is 1.98. The van der Waals surface area contributed by atoms with Crippen LogP contribution in [0, 0.1) is 0 Å². The highest BCUT2D eigenvalue weighted by Crippen LogP contribution is 2.36. The van der Waals surface area contributed by atoms with Gasteiger partial charge < -0.3 is 9.30 Å². The standard InChI is InChI=1S/C14H12ClNO3S/c1-19-14(18)8-4-5-16-10(8)7-9(15)12(16)13(17)11-3-2-6-20-11/h2-3,6-8H,4-5H2,1H3. The van der Waals surface area contributed by atoms with Crippen molar-refractivity contribution >= 4 is 34.7 Å². The number of hydrogen-bond acceptors (Lipinski definition) is 4. The molecule has 1 aliphatic heterocycles. The van der Waals surface area contributed by atoms with Gasteiger partial charge in [0.1, 0.15) is 5.69 Å². The van der Waals surface area contributed by atoms with Gasteiger partial charge in [0.2, 0.25) is 5.78 Å². The summed E-state index contributed by atoms with van der Waals surface area (Å²) in [6.45, 7) is 0.605. The van der Waals surface area contributed by atoms with Crippen LogP contribution in [0.1, 0.15) is 33.4 Å². The van der Waals surface area contributed by atoms with Crippen LogP contribution in [-0.4, -0.2) is 23.4 Å². The van der Waals surface area contributed by atoms with Gasteiger partial charge in [-0.25, -0.2) is 0 Å². The fraction of sp³-hybridized carbons (Fsp3) is 0.286. The van der Waals surface area contributed by atoms with E-state index in [0.717, 1.165) is 5.69 Å². The van der Waals surface area contributed by atoms with E-state index in [4.69, 9.17) is 16.3 Å². The maximum atomic E-state index is 12.5. The van der Waals surface area contributed by atoms with E-state index in [1.165, 1.54) is 18.4 Å². The van der Waals surface area contributed by atoms with Gasteiger partial charge in [0, 0.05) is 12.2 Å². The average molecular weight is 310 g/mol. The highest BCUT2D eigenvalue weighted by molar-refractivity contribution is 7.12. The summed E-state index contributed by atoms with van der Waals surface area (Å²) in [5, 5.41) is 2.25. The van der Waals surface area contributed by atoms with E-state index < -0.39 is 0 Å². The van der Waals surface area contributed by atoms with Crippen molar-refractivity contribution in [2.45, 2.75) is 18.9 Å². The number of halogens is 1. The number of aromatic nitrogens is 1. The first-order chi connectivity index (χ1) is 9.63. The second-order valence-corrected chi connectivity index (χ2v) is 5.94. The molecule has 0 saturated heterocycles. The van der Waals surface area contributed by atoms with E-state index in [1.807, 2.05) is 16.0 Å². The Kier molecular flexibility index (Phi) is 3.40. The summed E-state index contributed by atoms with van der Waals surface area (Å²) < 4.78 is 6.63. The molecule has 0 fully saturated rings. The van der Waals surface area contributed by atoms with Crippen LogP contribution in [0.5, 0.6) is 0 Å². The van der Waals surface area contributed by atoms with E-state index >= 15 is 0 Å². The molecule has 1 aliphatic rings. The number of methoxy groups -OCH3 is 1. The first kappa shape index (κ1) is 13.4. The Bertz CT molecular complexity index is 675. The molecule has 6 heteroatoms. The molecule has 1 unspecified atom stereocenters. The zero-order valence-electron chi connectivity index (χ0n) is 10.8. The first-order valence-electron chi connectivity index (χ1n) is 6.18. The largest absolute Gasteiger partial charge is 0.469 e. The van der Waals surface area contributed by atoms with Gasteiger partial charge >= 0.3 is 5.97 Å². The summed E-state index contributed by atoms with van der Waals surface area (Å²) in [4.78, 5) is 24.9. The number of nitrogens with zero attached hydrogens (tertiary/aromatic N) is 1. The van der Waals surface area contributed by atoms with Crippen LogP contribution >= 0.6 is 22.9 Å². The molecule has 4 nitrogen and oxygen atoms in total. The van der Waals surface area contributed by atoms with Crippen molar-refractivity contribution in [2.24, 2.45) is 0 Å². The van der Waals surface area contributed by atoms with Crippen LogP contribution in [0.15, 0.2) is 23.6 Å². The zero-order valence-corrected chi connectivity index (χ0v) is 12.3. The molecule has 0 bridgehead atoms. The molecule has 0 N–H and O–H groups in total. The van der Waals surface area contributed by atoms with Gasteiger partial charge in [-0.2, -0.15) is 0 Å². The molecule has 3 rings (SSSR count). The summed E-state index contributed by atoms with van der Waals surface area (Å²) in [5.74, 6) is -0.711. The van der Waals surface area contributed by atoms with Crippen LogP contribution in [0.2, 0.25) is 5.02 Å². The number of rotatable bonds is 3. The smallest absolute Gasteiger partial charge is 0.314 e. The molecule has 2 aromatic rings. The number of thiophene rings is 1. The summed E-state index contributed by atoms with van der Waals surface area (Å²) in [5.41, 5.74) is 1.23. The Morgan fingerprint density at radius 1 is 1.50 bits per heavy atom. The molecule has 20 heavy (non-hydrogen) atoms. The van der Waals surface area contributed by atoms with Crippen molar-refractivity contribution in [3.63, 3.8) is 0 Å². The Morgan fingerprint density at radius 3 is 2.95 bits per heavy atom. The Labute approximate surface area is 124 Å². The highest BCUT2D eigenvalue weighted by Gasteiger charge is 2.34. The van der Waals surface area contributed by atoms with E-state index in [9.17, 15) is 9.59 Å². The lowest BCUT2D eigenvalue weighted by Gasteiger charge is -2.06. The minimum atomic E-state index is -0.331. The number of hydrogen-bond donors (Lipinski definition) is 0. The molecule has 2 aromatic heterocycles. The lowest BCUT2D eigenvalue weighted by atomic mass is 10.1. The third-order valence-corrected chi connectivity index (χ3v) is 4.68. The predicted molar refractivity (Wildman–Crippen MR) is 76.6 cm³/mol. The lowest BCUT2D eigenvalue weighted by molar-refractivity contribution is -0.142. The Hall–Kier alpha value is -1.59. The monoisotopic (exact) mass is 309 g/mol. The van der Waals surface area contributed by atoms with Crippen LogP contribution < -0.4 is 0 Å². The van der Waals surface area contributed by atoms with Crippen molar-refractivity contribution < 1.29 is 14.3 Å². The molecule has 0 amide bonds. The van der Waals surface area contributed by atoms with E-state index in [2.05, 4.69) is 0 Å². The summed E-state index contributed by atoms with van der Waals surface area (Å²) in [6.07, 6.45) is 0.643. The topological polar surface area (TPSA) is 48.3 Å². The van der Waals surface area contributed by atoms with Gasteiger partial charge in [0.05, 0.1) is 22.9 Å². The fourth-order valence-electron chi connectivity index (χ4n) is 2.61. The fourth-order valence-corrected chi connectivity index (χ4v) is 3.57. The molecular weight excluding hydrogens is 298 g/mol. The maximum Gasteiger partial charge on any atom is 0.314 e. The number of carbonyl (C=O) groups excluding carboxylic acids is 2. The summed E-state index contributed by atoms with van der Waals surface area (Å²) >= 11 is 7.58. The van der Waals surface area contributed by atoms with Crippen molar-refractivity contribution in [2.75, 3.05) is 7.11 Å². The lowest BCUT2D eigenvalue weighted by Crippen LogP contribution is -2.11. The van der Waals surface area contributed by atoms with Gasteiger partial charge in [-0.3, -0.25) is 9.59 Å².